The van der Waals surface area contributed by atoms with E-state index in [1.54, 1.807) is 48.5 Å². The smallest absolute Gasteiger partial charge is 0.325 e. The van der Waals surface area contributed by atoms with Crippen LogP contribution in [0.1, 0.15) is 37.3 Å². The minimum absolute atomic E-state index is 0.0761. The molecule has 3 N–H and O–H groups in total. The summed E-state index contributed by atoms with van der Waals surface area (Å²) in [6.45, 7) is -0.129. The third-order valence-corrected chi connectivity index (χ3v) is 8.12. The third-order valence-electron chi connectivity index (χ3n) is 8.12. The number of methoxy groups -OCH3 is 1. The van der Waals surface area contributed by atoms with Crippen LogP contribution in [-0.2, 0) is 42.3 Å². The van der Waals surface area contributed by atoms with Crippen molar-refractivity contribution < 1.29 is 38.2 Å². The van der Waals surface area contributed by atoms with E-state index >= 15 is 4.39 Å². The zero-order chi connectivity index (χ0) is 33.0. The molecular weight excluding hydrogens is 601 g/mol. The van der Waals surface area contributed by atoms with Crippen molar-refractivity contribution in [2.24, 2.45) is 7.05 Å². The molecule has 1 aliphatic heterocycles. The van der Waals surface area contributed by atoms with Gasteiger partial charge in [-0.25, -0.2) is 4.39 Å². The van der Waals surface area contributed by atoms with Crippen molar-refractivity contribution in [3.05, 3.63) is 48.0 Å². The first kappa shape index (κ1) is 32.1. The van der Waals surface area contributed by atoms with E-state index in [4.69, 9.17) is 10.2 Å². The van der Waals surface area contributed by atoms with E-state index < -0.39 is 29.6 Å². The number of rotatable bonds is 11. The van der Waals surface area contributed by atoms with Crippen molar-refractivity contribution in [3.8, 4) is 11.1 Å². The molecule has 242 valence electrons. The molecule has 0 spiro atoms. The topological polar surface area (TPSA) is 178 Å². The second-order valence-corrected chi connectivity index (χ2v) is 11.1. The minimum atomic E-state index is -1.03. The lowest BCUT2D eigenvalue weighted by molar-refractivity contribution is -0.141. The Labute approximate surface area is 262 Å². The lowest BCUT2D eigenvalue weighted by atomic mass is 9.88. The molecule has 3 heterocycles. The number of esters is 1. The average Bonchev–Trinajstić information content (AvgIpc) is 3.62. The van der Waals surface area contributed by atoms with E-state index in [9.17, 15) is 24.0 Å². The molecule has 0 radical (unpaired) electrons. The van der Waals surface area contributed by atoms with E-state index in [-0.39, 0.29) is 44.3 Å². The lowest BCUT2D eigenvalue weighted by Crippen LogP contribution is -2.40. The van der Waals surface area contributed by atoms with Gasteiger partial charge in [-0.1, -0.05) is 24.3 Å². The van der Waals surface area contributed by atoms with Gasteiger partial charge in [0.05, 0.1) is 37.5 Å². The molecule has 0 unspecified atom stereocenters. The summed E-state index contributed by atoms with van der Waals surface area (Å²) in [6.07, 6.45) is 2.35. The molecule has 0 atom stereocenters. The van der Waals surface area contributed by atoms with E-state index in [0.717, 1.165) is 0 Å². The molecule has 14 nitrogen and oxygen atoms in total. The molecule has 1 saturated heterocycles. The van der Waals surface area contributed by atoms with Gasteiger partial charge in [-0.05, 0) is 24.5 Å². The predicted octanol–water partition coefficient (Wildman–Crippen LogP) is 1.71. The number of piperidine rings is 1. The van der Waals surface area contributed by atoms with Crippen LogP contribution in [0.25, 0.3) is 32.9 Å². The number of carbonyl (C=O) groups is 5. The van der Waals surface area contributed by atoms with Crippen LogP contribution in [0.2, 0.25) is 0 Å². The van der Waals surface area contributed by atoms with E-state index in [1.165, 1.54) is 16.5 Å². The van der Waals surface area contributed by atoms with Crippen molar-refractivity contribution in [2.45, 2.75) is 38.1 Å². The predicted molar refractivity (Wildman–Crippen MR) is 163 cm³/mol. The highest BCUT2D eigenvalue weighted by atomic mass is 19.1. The fraction of sp³-hybridized carbons (Fsp3) is 0.387. The van der Waals surface area contributed by atoms with E-state index in [0.29, 0.717) is 64.6 Å². The first-order valence-corrected chi connectivity index (χ1v) is 14.8. The molecule has 0 saturated carbocycles. The van der Waals surface area contributed by atoms with Gasteiger partial charge in [0.1, 0.15) is 18.6 Å². The Morgan fingerprint density at radius 3 is 2.46 bits per heavy atom. The van der Waals surface area contributed by atoms with Gasteiger partial charge in [0, 0.05) is 48.8 Å². The number of carbonyl (C=O) groups excluding carboxylic acids is 4. The lowest BCUT2D eigenvalue weighted by Gasteiger charge is -2.31. The quantitative estimate of drug-likeness (QED) is 0.207. The van der Waals surface area contributed by atoms with Crippen molar-refractivity contribution in [2.75, 3.05) is 33.3 Å². The summed E-state index contributed by atoms with van der Waals surface area (Å²) in [4.78, 5) is 61.4. The van der Waals surface area contributed by atoms with Gasteiger partial charge in [-0.3, -0.25) is 33.3 Å². The number of benzene rings is 2. The van der Waals surface area contributed by atoms with Crippen LogP contribution in [0.5, 0.6) is 0 Å². The second-order valence-electron chi connectivity index (χ2n) is 11.1. The Hall–Kier alpha value is -5.34. The molecule has 4 aromatic rings. The first-order chi connectivity index (χ1) is 22.1. The maximum absolute atomic E-state index is 16.0. The standard InChI is InChI=1S/C31H34FN7O7/c1-37-31-19(14-35-37)6-7-21(29(31)32)20-4-3-5-22-28(20)30(18-10-12-38(13-11-18)25(42)8-9-26(43)44)36-39(22)17-24(41)33-15-23(40)34-16-27(45)46-2/h3-7,14,18H,8-13,15-17H2,1-2H3,(H,33,41)(H,34,40)(H,43,44). The summed E-state index contributed by atoms with van der Waals surface area (Å²) in [7, 11) is 2.86. The van der Waals surface area contributed by atoms with Gasteiger partial charge in [0.25, 0.3) is 0 Å². The summed E-state index contributed by atoms with van der Waals surface area (Å²) < 4.78 is 23.5. The van der Waals surface area contributed by atoms with Crippen LogP contribution in [0.3, 0.4) is 0 Å². The molecule has 1 aliphatic rings. The highest BCUT2D eigenvalue weighted by molar-refractivity contribution is 6.00. The van der Waals surface area contributed by atoms with Crippen molar-refractivity contribution >= 4 is 51.5 Å². The molecule has 0 bridgehead atoms. The molecule has 5 rings (SSSR count). The number of likely N-dealkylation sites (tertiary alicyclic amines) is 1. The summed E-state index contributed by atoms with van der Waals surface area (Å²) >= 11 is 0. The maximum Gasteiger partial charge on any atom is 0.325 e. The zero-order valence-corrected chi connectivity index (χ0v) is 25.4. The number of ether oxygens (including phenoxy) is 1. The number of amides is 3. The SMILES string of the molecule is COC(=O)CNC(=O)CNC(=O)Cn1nc(C2CCN(C(=O)CCC(=O)O)CC2)c2c(-c3ccc4cnn(C)c4c3F)cccc21. The van der Waals surface area contributed by atoms with Gasteiger partial charge in [-0.15, -0.1) is 0 Å². The molecule has 1 fully saturated rings. The summed E-state index contributed by atoms with van der Waals surface area (Å²) in [5, 5.41) is 24.2. The number of hydrogen-bond acceptors (Lipinski definition) is 8. The molecule has 0 aliphatic carbocycles. The average molecular weight is 636 g/mol. The van der Waals surface area contributed by atoms with Crippen LogP contribution >= 0.6 is 0 Å². The second kappa shape index (κ2) is 13.7. The molecule has 2 aromatic carbocycles. The summed E-state index contributed by atoms with van der Waals surface area (Å²) in [5.41, 5.74) is 2.51. The summed E-state index contributed by atoms with van der Waals surface area (Å²) in [6, 6.07) is 8.84. The van der Waals surface area contributed by atoms with Crippen LogP contribution in [0.15, 0.2) is 36.5 Å². The molecular formula is C31H34FN7O7. The highest BCUT2D eigenvalue weighted by Gasteiger charge is 2.29. The number of carboxylic acids is 1. The van der Waals surface area contributed by atoms with Crippen LogP contribution in [-0.4, -0.2) is 92.5 Å². The third kappa shape index (κ3) is 6.82. The number of nitrogens with zero attached hydrogens (tertiary/aromatic N) is 5. The fourth-order valence-corrected chi connectivity index (χ4v) is 5.77. The van der Waals surface area contributed by atoms with Gasteiger partial charge in [0.2, 0.25) is 17.7 Å². The Morgan fingerprint density at radius 1 is 1.00 bits per heavy atom. The normalized spacial score (nSPS) is 13.6. The minimum Gasteiger partial charge on any atom is -0.481 e. The Kier molecular flexibility index (Phi) is 9.58. The van der Waals surface area contributed by atoms with E-state index in [2.05, 4.69) is 20.5 Å². The number of halogens is 1. The maximum atomic E-state index is 16.0. The number of aliphatic carboxylic acids is 1. The number of aromatic nitrogens is 4. The molecule has 2 aromatic heterocycles. The fourth-order valence-electron chi connectivity index (χ4n) is 5.77. The molecule has 3 amide bonds. The van der Waals surface area contributed by atoms with E-state index in [1.807, 2.05) is 0 Å². The Bertz CT molecular complexity index is 1820. The van der Waals surface area contributed by atoms with Gasteiger partial charge in [0.15, 0.2) is 5.82 Å². The monoisotopic (exact) mass is 635 g/mol. The molecule has 15 heteroatoms. The van der Waals surface area contributed by atoms with Gasteiger partial charge in [-0.2, -0.15) is 10.2 Å². The van der Waals surface area contributed by atoms with Crippen LogP contribution < -0.4 is 10.6 Å². The van der Waals surface area contributed by atoms with Gasteiger partial charge < -0.3 is 25.4 Å². The Morgan fingerprint density at radius 2 is 1.74 bits per heavy atom. The number of fused-ring (bicyclic) bond motifs is 2. The van der Waals surface area contributed by atoms with Crippen molar-refractivity contribution in [1.82, 2.24) is 35.1 Å². The van der Waals surface area contributed by atoms with Crippen molar-refractivity contribution in [3.63, 3.8) is 0 Å². The Balaban J connectivity index is 1.45. The number of nitrogens with one attached hydrogen (secondary N) is 2. The number of carboxylic acid groups (broad SMARTS) is 1. The largest absolute Gasteiger partial charge is 0.481 e. The van der Waals surface area contributed by atoms with Crippen LogP contribution in [0, 0.1) is 5.82 Å². The highest BCUT2D eigenvalue weighted by Crippen LogP contribution is 2.40. The first-order valence-electron chi connectivity index (χ1n) is 14.8. The van der Waals surface area contributed by atoms with Crippen molar-refractivity contribution in [1.29, 1.82) is 0 Å². The number of hydrogen-bond donors (Lipinski definition) is 3. The molecule has 46 heavy (non-hydrogen) atoms. The number of aryl methyl sites for hydroxylation is 1. The van der Waals surface area contributed by atoms with Crippen LogP contribution in [0.4, 0.5) is 4.39 Å². The zero-order valence-electron chi connectivity index (χ0n) is 25.4. The summed E-state index contributed by atoms with van der Waals surface area (Å²) in [5.74, 6) is -3.54. The van der Waals surface area contributed by atoms with Gasteiger partial charge >= 0.3 is 11.9 Å².